The van der Waals surface area contributed by atoms with Crippen LogP contribution in [-0.2, 0) is 12.8 Å². The van der Waals surface area contributed by atoms with Crippen LogP contribution in [0.2, 0.25) is 10.2 Å². The Bertz CT molecular complexity index is 600. The number of aromatic nitrogens is 1. The van der Waals surface area contributed by atoms with Gasteiger partial charge in [0, 0.05) is 11.8 Å². The minimum absolute atomic E-state index is 0.0916. The molecule has 0 N–H and O–H groups in total. The van der Waals surface area contributed by atoms with Crippen LogP contribution in [0.25, 0.3) is 0 Å². The third kappa shape index (κ3) is 3.77. The van der Waals surface area contributed by atoms with Crippen LogP contribution in [0.1, 0.15) is 11.1 Å². The second-order valence-corrected chi connectivity index (χ2v) is 4.70. The number of hydrogen-bond donors (Lipinski definition) is 0. The maximum absolute atomic E-state index is 12.4. The molecule has 7 heteroatoms. The quantitative estimate of drug-likeness (QED) is 0.743. The third-order valence-corrected chi connectivity index (χ3v) is 3.03. The third-order valence-electron chi connectivity index (χ3n) is 2.47. The maximum atomic E-state index is 12.4. The number of hydrogen-bond acceptors (Lipinski definition) is 2. The monoisotopic (exact) mass is 321 g/mol. The Labute approximate surface area is 123 Å². The summed E-state index contributed by atoms with van der Waals surface area (Å²) in [5, 5.41) is 0.644. The fraction of sp³-hybridized carbons (Fsp3) is 0.154. The first-order valence-corrected chi connectivity index (χ1v) is 6.22. The second kappa shape index (κ2) is 5.89. The summed E-state index contributed by atoms with van der Waals surface area (Å²) in [6.07, 6.45) is -2.91. The van der Waals surface area contributed by atoms with Crippen LogP contribution in [0.5, 0.6) is 5.75 Å². The number of ether oxygens (including phenoxy) is 1. The van der Waals surface area contributed by atoms with E-state index in [2.05, 4.69) is 4.98 Å². The van der Waals surface area contributed by atoms with Gasteiger partial charge in [-0.05, 0) is 30.3 Å². The van der Waals surface area contributed by atoms with E-state index >= 15 is 0 Å². The van der Waals surface area contributed by atoms with Gasteiger partial charge in [-0.2, -0.15) is 13.2 Å². The summed E-state index contributed by atoms with van der Waals surface area (Å²) in [6, 6.07) is 5.88. The van der Waals surface area contributed by atoms with Gasteiger partial charge in [-0.1, -0.05) is 23.2 Å². The summed E-state index contributed by atoms with van der Waals surface area (Å²) >= 11 is 11.6. The molecule has 0 saturated carbocycles. The average Bonchev–Trinajstić information content (AvgIpc) is 2.37. The molecule has 2 aromatic rings. The average molecular weight is 322 g/mol. The summed E-state index contributed by atoms with van der Waals surface area (Å²) < 4.78 is 42.5. The number of alkyl halides is 3. The Balaban J connectivity index is 2.04. The summed E-state index contributed by atoms with van der Waals surface area (Å²) in [5.41, 5.74) is -0.132. The SMILES string of the molecule is FC(F)(F)c1ccc(OCc2cnc(Cl)cc2Cl)cc1. The van der Waals surface area contributed by atoms with Crippen molar-refractivity contribution in [3.8, 4) is 5.75 Å². The summed E-state index contributed by atoms with van der Waals surface area (Å²) in [6.45, 7) is 0.0916. The molecule has 2 nitrogen and oxygen atoms in total. The molecule has 0 fully saturated rings. The molecule has 1 heterocycles. The predicted molar refractivity (Wildman–Crippen MR) is 70.0 cm³/mol. The molecule has 0 saturated heterocycles. The van der Waals surface area contributed by atoms with Gasteiger partial charge in [0.1, 0.15) is 17.5 Å². The molecule has 0 aliphatic carbocycles. The Morgan fingerprint density at radius 2 is 1.75 bits per heavy atom. The van der Waals surface area contributed by atoms with Crippen molar-refractivity contribution in [3.63, 3.8) is 0 Å². The van der Waals surface area contributed by atoms with E-state index in [1.165, 1.54) is 24.4 Å². The first kappa shape index (κ1) is 14.9. The normalized spacial score (nSPS) is 11.4. The topological polar surface area (TPSA) is 22.1 Å². The van der Waals surface area contributed by atoms with Crippen LogP contribution in [0.3, 0.4) is 0 Å². The van der Waals surface area contributed by atoms with Crippen molar-refractivity contribution in [3.05, 3.63) is 57.8 Å². The molecule has 1 aromatic heterocycles. The molecule has 0 unspecified atom stereocenters. The van der Waals surface area contributed by atoms with Crippen LogP contribution >= 0.6 is 23.2 Å². The van der Waals surface area contributed by atoms with Crippen LogP contribution in [0, 0.1) is 0 Å². The molecule has 0 atom stereocenters. The van der Waals surface area contributed by atoms with E-state index in [-0.39, 0.29) is 11.8 Å². The van der Waals surface area contributed by atoms with Gasteiger partial charge in [-0.3, -0.25) is 0 Å². The molecular weight excluding hydrogens is 314 g/mol. The largest absolute Gasteiger partial charge is 0.489 e. The molecule has 2 rings (SSSR count). The van der Waals surface area contributed by atoms with Crippen LogP contribution in [0.4, 0.5) is 13.2 Å². The number of nitrogens with zero attached hydrogens (tertiary/aromatic N) is 1. The van der Waals surface area contributed by atoms with Gasteiger partial charge in [-0.15, -0.1) is 0 Å². The number of rotatable bonds is 3. The zero-order valence-corrected chi connectivity index (χ0v) is 11.4. The highest BCUT2D eigenvalue weighted by Crippen LogP contribution is 2.30. The highest BCUT2D eigenvalue weighted by molar-refractivity contribution is 6.34. The van der Waals surface area contributed by atoms with Gasteiger partial charge in [0.2, 0.25) is 0 Å². The first-order chi connectivity index (χ1) is 9.36. The molecule has 0 radical (unpaired) electrons. The first-order valence-electron chi connectivity index (χ1n) is 5.46. The number of pyridine rings is 1. The van der Waals surface area contributed by atoms with Crippen LogP contribution < -0.4 is 4.74 Å². The standard InChI is InChI=1S/C13H8Cl2F3NO/c14-11-5-12(15)19-6-8(11)7-20-10-3-1-9(2-4-10)13(16,17)18/h1-6H,7H2. The van der Waals surface area contributed by atoms with Crippen molar-refractivity contribution in [2.24, 2.45) is 0 Å². The van der Waals surface area contributed by atoms with E-state index in [0.29, 0.717) is 16.3 Å². The lowest BCUT2D eigenvalue weighted by Crippen LogP contribution is -2.04. The van der Waals surface area contributed by atoms with Gasteiger partial charge >= 0.3 is 6.18 Å². The van der Waals surface area contributed by atoms with Gasteiger partial charge in [0.15, 0.2) is 0 Å². The van der Waals surface area contributed by atoms with E-state index in [9.17, 15) is 13.2 Å². The molecule has 0 aliphatic rings. The summed E-state index contributed by atoms with van der Waals surface area (Å²) in [4.78, 5) is 3.85. The molecule has 20 heavy (non-hydrogen) atoms. The van der Waals surface area contributed by atoms with Gasteiger partial charge < -0.3 is 4.74 Å². The Kier molecular flexibility index (Phi) is 4.40. The van der Waals surface area contributed by atoms with Gasteiger partial charge in [0.25, 0.3) is 0 Å². The lowest BCUT2D eigenvalue weighted by molar-refractivity contribution is -0.137. The molecule has 0 aliphatic heterocycles. The molecule has 1 aromatic carbocycles. The highest BCUT2D eigenvalue weighted by Gasteiger charge is 2.29. The Morgan fingerprint density at radius 1 is 1.10 bits per heavy atom. The van der Waals surface area contributed by atoms with Gasteiger partial charge in [-0.25, -0.2) is 4.98 Å². The predicted octanol–water partition coefficient (Wildman–Crippen LogP) is 4.99. The highest BCUT2D eigenvalue weighted by atomic mass is 35.5. The molecule has 0 bridgehead atoms. The molecular formula is C13H8Cl2F3NO. The van der Waals surface area contributed by atoms with E-state index < -0.39 is 11.7 Å². The fourth-order valence-corrected chi connectivity index (χ4v) is 1.86. The number of benzene rings is 1. The zero-order chi connectivity index (χ0) is 14.8. The smallest absolute Gasteiger partial charge is 0.416 e. The summed E-state index contributed by atoms with van der Waals surface area (Å²) in [5.74, 6) is 0.309. The van der Waals surface area contributed by atoms with Crippen molar-refractivity contribution in [1.82, 2.24) is 4.98 Å². The van der Waals surface area contributed by atoms with E-state index in [1.54, 1.807) is 0 Å². The molecule has 0 spiro atoms. The van der Waals surface area contributed by atoms with Crippen molar-refractivity contribution in [1.29, 1.82) is 0 Å². The van der Waals surface area contributed by atoms with E-state index in [0.717, 1.165) is 12.1 Å². The van der Waals surface area contributed by atoms with Crippen LogP contribution in [0.15, 0.2) is 36.5 Å². The van der Waals surface area contributed by atoms with Crippen molar-refractivity contribution in [2.45, 2.75) is 12.8 Å². The maximum Gasteiger partial charge on any atom is 0.416 e. The Hall–Kier alpha value is -1.46. The number of halogens is 5. The van der Waals surface area contributed by atoms with E-state index in [4.69, 9.17) is 27.9 Å². The molecule has 0 amide bonds. The van der Waals surface area contributed by atoms with Crippen molar-refractivity contribution >= 4 is 23.2 Å². The van der Waals surface area contributed by atoms with Crippen LogP contribution in [-0.4, -0.2) is 4.98 Å². The lowest BCUT2D eigenvalue weighted by atomic mass is 10.2. The van der Waals surface area contributed by atoms with E-state index in [1.807, 2.05) is 0 Å². The van der Waals surface area contributed by atoms with Crippen molar-refractivity contribution < 1.29 is 17.9 Å². The summed E-state index contributed by atoms with van der Waals surface area (Å²) in [7, 11) is 0. The van der Waals surface area contributed by atoms with Gasteiger partial charge in [0.05, 0.1) is 10.6 Å². The van der Waals surface area contributed by atoms with Crippen molar-refractivity contribution in [2.75, 3.05) is 0 Å². The fourth-order valence-electron chi connectivity index (χ4n) is 1.44. The minimum atomic E-state index is -4.36. The lowest BCUT2D eigenvalue weighted by Gasteiger charge is -2.10. The Morgan fingerprint density at radius 3 is 2.30 bits per heavy atom. The second-order valence-electron chi connectivity index (χ2n) is 3.91. The molecule has 106 valence electrons. The minimum Gasteiger partial charge on any atom is -0.489 e. The zero-order valence-electron chi connectivity index (χ0n) is 9.92.